The maximum Gasteiger partial charge on any atom is 0.295 e. The second kappa shape index (κ2) is 5.41. The van der Waals surface area contributed by atoms with E-state index in [1.165, 1.54) is 17.8 Å². The van der Waals surface area contributed by atoms with Gasteiger partial charge in [0.05, 0.1) is 4.92 Å². The summed E-state index contributed by atoms with van der Waals surface area (Å²) >= 11 is 1.47. The molecule has 0 aliphatic rings. The lowest BCUT2D eigenvalue weighted by molar-refractivity contribution is -0.383. The summed E-state index contributed by atoms with van der Waals surface area (Å²) in [5.41, 5.74) is 0.381. The van der Waals surface area contributed by atoms with Gasteiger partial charge < -0.3 is 5.11 Å². The van der Waals surface area contributed by atoms with Crippen LogP contribution in [0.4, 0.5) is 5.69 Å². The van der Waals surface area contributed by atoms with Gasteiger partial charge >= 0.3 is 0 Å². The number of phenolic OH excluding ortho intramolecular Hbond substituents is 1. The van der Waals surface area contributed by atoms with E-state index >= 15 is 0 Å². The number of hydrogen-bond donors (Lipinski definition) is 1. The van der Waals surface area contributed by atoms with Gasteiger partial charge in [0.1, 0.15) is 11.3 Å². The number of nitro benzene ring substituents is 1. The minimum atomic E-state index is -0.426. The number of fused-ring (bicyclic) bond motifs is 1. The molecular weight excluding hydrogens is 288 g/mol. The first-order valence-electron chi connectivity index (χ1n) is 6.14. The number of aromatic nitrogens is 1. The summed E-state index contributed by atoms with van der Waals surface area (Å²) in [4.78, 5) is 16.6. The normalized spacial score (nSPS) is 10.7. The quantitative estimate of drug-likeness (QED) is 0.584. The molecule has 3 aromatic rings. The van der Waals surface area contributed by atoms with Crippen LogP contribution < -0.4 is 0 Å². The molecule has 0 aliphatic heterocycles. The number of nitrogens with zero attached hydrogens (tertiary/aromatic N) is 2. The Morgan fingerprint density at radius 1 is 1.10 bits per heavy atom. The van der Waals surface area contributed by atoms with Gasteiger partial charge in [-0.05, 0) is 42.5 Å². The van der Waals surface area contributed by atoms with Crippen LogP contribution in [0.15, 0.2) is 64.5 Å². The summed E-state index contributed by atoms with van der Waals surface area (Å²) in [5, 5.41) is 21.1. The van der Waals surface area contributed by atoms with E-state index in [9.17, 15) is 15.2 Å². The standard InChI is InChI=1S/C15H10N2O3S/c18-10-3-5-11(6-4-10)21-14-8-7-13(17(19)20)15-12(14)2-1-9-16-15/h1-9,18H. The van der Waals surface area contributed by atoms with Crippen molar-refractivity contribution in [2.45, 2.75) is 9.79 Å². The Balaban J connectivity index is 2.09. The zero-order valence-corrected chi connectivity index (χ0v) is 11.6. The van der Waals surface area contributed by atoms with Crippen molar-refractivity contribution < 1.29 is 10.0 Å². The summed E-state index contributed by atoms with van der Waals surface area (Å²) in [7, 11) is 0. The number of pyridine rings is 1. The Kier molecular flexibility index (Phi) is 3.45. The van der Waals surface area contributed by atoms with Gasteiger partial charge in [-0.25, -0.2) is 4.98 Å². The second-order valence-electron chi connectivity index (χ2n) is 4.34. The van der Waals surface area contributed by atoms with Crippen molar-refractivity contribution in [3.8, 4) is 5.75 Å². The fourth-order valence-corrected chi connectivity index (χ4v) is 2.95. The van der Waals surface area contributed by atoms with E-state index in [-0.39, 0.29) is 11.4 Å². The van der Waals surface area contributed by atoms with Crippen LogP contribution in [0.1, 0.15) is 0 Å². The van der Waals surface area contributed by atoms with Crippen LogP contribution in [-0.4, -0.2) is 15.0 Å². The van der Waals surface area contributed by atoms with Gasteiger partial charge in [-0.2, -0.15) is 0 Å². The number of aromatic hydroxyl groups is 1. The molecule has 5 nitrogen and oxygen atoms in total. The van der Waals surface area contributed by atoms with Crippen LogP contribution in [0, 0.1) is 10.1 Å². The van der Waals surface area contributed by atoms with E-state index in [0.717, 1.165) is 15.2 Å². The molecule has 0 aliphatic carbocycles. The second-order valence-corrected chi connectivity index (χ2v) is 5.45. The fourth-order valence-electron chi connectivity index (χ4n) is 2.01. The molecule has 0 bridgehead atoms. The molecular formula is C15H10N2O3S. The van der Waals surface area contributed by atoms with E-state index in [1.807, 2.05) is 6.07 Å². The number of phenols is 1. The van der Waals surface area contributed by atoms with Gasteiger partial charge in [-0.15, -0.1) is 0 Å². The van der Waals surface area contributed by atoms with Crippen molar-refractivity contribution in [2.75, 3.05) is 0 Å². The summed E-state index contributed by atoms with van der Waals surface area (Å²) in [6.07, 6.45) is 1.55. The lowest BCUT2D eigenvalue weighted by Crippen LogP contribution is -1.92. The van der Waals surface area contributed by atoms with Gasteiger partial charge in [-0.1, -0.05) is 11.8 Å². The number of non-ortho nitro benzene ring substituents is 1. The summed E-state index contributed by atoms with van der Waals surface area (Å²) in [6, 6.07) is 13.6. The van der Waals surface area contributed by atoms with E-state index in [2.05, 4.69) is 4.98 Å². The van der Waals surface area contributed by atoms with Crippen LogP contribution in [0.25, 0.3) is 10.9 Å². The SMILES string of the molecule is O=[N+]([O-])c1ccc(Sc2ccc(O)cc2)c2cccnc12. The molecule has 104 valence electrons. The third-order valence-corrected chi connectivity index (χ3v) is 4.05. The first-order valence-corrected chi connectivity index (χ1v) is 6.96. The molecule has 0 saturated heterocycles. The zero-order chi connectivity index (χ0) is 14.8. The monoisotopic (exact) mass is 298 g/mol. The number of hydrogen-bond acceptors (Lipinski definition) is 5. The maximum absolute atomic E-state index is 11.1. The van der Waals surface area contributed by atoms with Crippen molar-refractivity contribution in [1.29, 1.82) is 0 Å². The number of benzene rings is 2. The van der Waals surface area contributed by atoms with Crippen LogP contribution in [0.3, 0.4) is 0 Å². The zero-order valence-electron chi connectivity index (χ0n) is 10.8. The summed E-state index contributed by atoms with van der Waals surface area (Å²) in [6.45, 7) is 0. The van der Waals surface area contributed by atoms with Gasteiger partial charge in [-0.3, -0.25) is 10.1 Å². The number of rotatable bonds is 3. The van der Waals surface area contributed by atoms with E-state index in [1.54, 1.807) is 42.6 Å². The van der Waals surface area contributed by atoms with Crippen molar-refractivity contribution in [2.24, 2.45) is 0 Å². The molecule has 0 spiro atoms. The Morgan fingerprint density at radius 3 is 2.57 bits per heavy atom. The van der Waals surface area contributed by atoms with E-state index in [0.29, 0.717) is 5.52 Å². The highest BCUT2D eigenvalue weighted by molar-refractivity contribution is 7.99. The molecule has 3 rings (SSSR count). The maximum atomic E-state index is 11.1. The first-order chi connectivity index (χ1) is 10.1. The van der Waals surface area contributed by atoms with Crippen molar-refractivity contribution >= 4 is 28.4 Å². The largest absolute Gasteiger partial charge is 0.508 e. The highest BCUT2D eigenvalue weighted by atomic mass is 32.2. The molecule has 1 aromatic heterocycles. The van der Waals surface area contributed by atoms with Crippen LogP contribution >= 0.6 is 11.8 Å². The van der Waals surface area contributed by atoms with Gasteiger partial charge in [0.25, 0.3) is 5.69 Å². The Morgan fingerprint density at radius 2 is 1.86 bits per heavy atom. The average Bonchev–Trinajstić information content (AvgIpc) is 2.49. The van der Waals surface area contributed by atoms with Crippen molar-refractivity contribution in [3.63, 3.8) is 0 Å². The predicted octanol–water partition coefficient (Wildman–Crippen LogP) is 4.00. The Bertz CT molecular complexity index is 819. The molecule has 0 atom stereocenters. The smallest absolute Gasteiger partial charge is 0.295 e. The van der Waals surface area contributed by atoms with Gasteiger partial charge in [0.15, 0.2) is 0 Å². The lowest BCUT2D eigenvalue weighted by Gasteiger charge is -2.06. The summed E-state index contributed by atoms with van der Waals surface area (Å²) in [5.74, 6) is 0.203. The Hall–Kier alpha value is -2.60. The molecule has 6 heteroatoms. The molecule has 0 amide bonds. The highest BCUT2D eigenvalue weighted by Crippen LogP contribution is 2.36. The average molecular weight is 298 g/mol. The van der Waals surface area contributed by atoms with Crippen LogP contribution in [0.2, 0.25) is 0 Å². The van der Waals surface area contributed by atoms with Crippen molar-refractivity contribution in [1.82, 2.24) is 4.98 Å². The molecule has 1 heterocycles. The molecule has 21 heavy (non-hydrogen) atoms. The first kappa shape index (κ1) is 13.4. The minimum Gasteiger partial charge on any atom is -0.508 e. The Labute approximate surface area is 124 Å². The molecule has 0 unspecified atom stereocenters. The lowest BCUT2D eigenvalue weighted by atomic mass is 10.2. The van der Waals surface area contributed by atoms with Crippen LogP contribution in [0.5, 0.6) is 5.75 Å². The van der Waals surface area contributed by atoms with E-state index < -0.39 is 4.92 Å². The van der Waals surface area contributed by atoms with Gasteiger partial charge in [0, 0.05) is 27.4 Å². The molecule has 0 saturated carbocycles. The molecule has 2 aromatic carbocycles. The fraction of sp³-hybridized carbons (Fsp3) is 0. The van der Waals surface area contributed by atoms with Crippen LogP contribution in [-0.2, 0) is 0 Å². The molecule has 0 radical (unpaired) electrons. The highest BCUT2D eigenvalue weighted by Gasteiger charge is 2.15. The third kappa shape index (κ3) is 2.66. The number of nitro groups is 1. The van der Waals surface area contributed by atoms with E-state index in [4.69, 9.17) is 0 Å². The minimum absolute atomic E-state index is 0.000608. The van der Waals surface area contributed by atoms with Gasteiger partial charge in [0.2, 0.25) is 0 Å². The summed E-state index contributed by atoms with van der Waals surface area (Å²) < 4.78 is 0. The molecule has 0 fully saturated rings. The third-order valence-electron chi connectivity index (χ3n) is 2.97. The predicted molar refractivity (Wildman–Crippen MR) is 80.6 cm³/mol. The molecule has 1 N–H and O–H groups in total. The van der Waals surface area contributed by atoms with Crippen molar-refractivity contribution in [3.05, 3.63) is 64.8 Å². The topological polar surface area (TPSA) is 76.3 Å².